The number of ketones is 1. The molecule has 26 heavy (non-hydrogen) atoms. The summed E-state index contributed by atoms with van der Waals surface area (Å²) in [7, 11) is 0. The number of Topliss-reactive ketones (excluding diaryl/α,β-unsaturated/α-hetero) is 1. The number of amides is 1. The van der Waals surface area contributed by atoms with E-state index >= 15 is 0 Å². The summed E-state index contributed by atoms with van der Waals surface area (Å²) < 4.78 is 0. The zero-order valence-corrected chi connectivity index (χ0v) is 16.4. The standard InChI is InChI=1S/C21H30N2O2.ClH/c1-2-3-4-15-5-7-16(8-6-15)20(24)11-12-21(25)23-19-13-17-9-10-18(14-19)22-17;/h5-8,17-19,22H,2-4,9-14H2,1H3,(H,23,25);1H. The second-order valence-corrected chi connectivity index (χ2v) is 7.60. The molecule has 2 N–H and O–H groups in total. The highest BCUT2D eigenvalue weighted by Gasteiger charge is 2.33. The molecule has 3 rings (SSSR count). The smallest absolute Gasteiger partial charge is 0.220 e. The van der Waals surface area contributed by atoms with Gasteiger partial charge in [0.2, 0.25) is 5.91 Å². The molecule has 0 aliphatic carbocycles. The van der Waals surface area contributed by atoms with Gasteiger partial charge < -0.3 is 10.6 Å². The van der Waals surface area contributed by atoms with Crippen molar-refractivity contribution in [2.24, 2.45) is 0 Å². The molecule has 0 spiro atoms. The van der Waals surface area contributed by atoms with Crippen molar-refractivity contribution in [1.29, 1.82) is 0 Å². The van der Waals surface area contributed by atoms with Gasteiger partial charge in [-0.1, -0.05) is 37.6 Å². The van der Waals surface area contributed by atoms with Crippen LogP contribution in [0.3, 0.4) is 0 Å². The van der Waals surface area contributed by atoms with Crippen LogP contribution in [-0.2, 0) is 11.2 Å². The van der Waals surface area contributed by atoms with Crippen LogP contribution in [0.5, 0.6) is 0 Å². The number of nitrogens with one attached hydrogen (secondary N) is 2. The zero-order chi connectivity index (χ0) is 17.6. The van der Waals surface area contributed by atoms with Crippen molar-refractivity contribution in [3.05, 3.63) is 35.4 Å². The molecule has 2 aliphatic rings. The van der Waals surface area contributed by atoms with Crippen LogP contribution in [0, 0.1) is 0 Å². The summed E-state index contributed by atoms with van der Waals surface area (Å²) in [6.45, 7) is 2.18. The molecule has 0 saturated carbocycles. The molecule has 1 amide bonds. The summed E-state index contributed by atoms with van der Waals surface area (Å²) in [6.07, 6.45) is 8.48. The fraction of sp³-hybridized carbons (Fsp3) is 0.619. The molecule has 2 aliphatic heterocycles. The van der Waals surface area contributed by atoms with Gasteiger partial charge in [-0.3, -0.25) is 9.59 Å². The molecule has 2 unspecified atom stereocenters. The van der Waals surface area contributed by atoms with Gasteiger partial charge in [0.15, 0.2) is 5.78 Å². The summed E-state index contributed by atoms with van der Waals surface area (Å²) in [5.74, 6) is 0.0711. The number of hydrogen-bond donors (Lipinski definition) is 2. The maximum Gasteiger partial charge on any atom is 0.220 e. The minimum absolute atomic E-state index is 0. The first kappa shape index (κ1) is 20.9. The van der Waals surface area contributed by atoms with Crippen LogP contribution >= 0.6 is 12.4 Å². The third-order valence-electron chi connectivity index (χ3n) is 5.51. The Bertz CT molecular complexity index is 591. The highest BCUT2D eigenvalue weighted by Crippen LogP contribution is 2.26. The van der Waals surface area contributed by atoms with Crippen molar-refractivity contribution in [2.45, 2.75) is 82.8 Å². The number of halogens is 1. The number of carbonyl (C=O) groups excluding carboxylic acids is 2. The maximum atomic E-state index is 12.3. The minimum atomic E-state index is 0. The molecule has 0 radical (unpaired) electrons. The summed E-state index contributed by atoms with van der Waals surface area (Å²) in [4.78, 5) is 24.5. The predicted molar refractivity (Wildman–Crippen MR) is 107 cm³/mol. The van der Waals surface area contributed by atoms with Crippen LogP contribution in [0.4, 0.5) is 0 Å². The number of rotatable bonds is 8. The maximum absolute atomic E-state index is 12.3. The number of fused-ring (bicyclic) bond motifs is 2. The average molecular weight is 379 g/mol. The van der Waals surface area contributed by atoms with Crippen LogP contribution < -0.4 is 10.6 Å². The van der Waals surface area contributed by atoms with Gasteiger partial charge >= 0.3 is 0 Å². The van der Waals surface area contributed by atoms with Gasteiger partial charge in [0, 0.05) is 36.5 Å². The zero-order valence-electron chi connectivity index (χ0n) is 15.6. The van der Waals surface area contributed by atoms with Gasteiger partial charge in [0.1, 0.15) is 0 Å². The molecule has 1 aromatic rings. The lowest BCUT2D eigenvalue weighted by Gasteiger charge is -2.29. The van der Waals surface area contributed by atoms with Crippen molar-refractivity contribution < 1.29 is 9.59 Å². The highest BCUT2D eigenvalue weighted by atomic mass is 35.5. The van der Waals surface area contributed by atoms with Crippen molar-refractivity contribution >= 4 is 24.1 Å². The van der Waals surface area contributed by atoms with Gasteiger partial charge in [-0.25, -0.2) is 0 Å². The molecule has 2 heterocycles. The lowest BCUT2D eigenvalue weighted by molar-refractivity contribution is -0.122. The third kappa shape index (κ3) is 5.82. The quantitative estimate of drug-likeness (QED) is 0.676. The van der Waals surface area contributed by atoms with Gasteiger partial charge in [-0.05, 0) is 44.1 Å². The lowest BCUT2D eigenvalue weighted by Crippen LogP contribution is -2.48. The first-order valence-electron chi connectivity index (χ1n) is 9.81. The van der Waals surface area contributed by atoms with Gasteiger partial charge in [-0.15, -0.1) is 12.4 Å². The van der Waals surface area contributed by atoms with Crippen molar-refractivity contribution in [2.75, 3.05) is 0 Å². The molecule has 2 saturated heterocycles. The van der Waals surface area contributed by atoms with E-state index in [9.17, 15) is 9.59 Å². The minimum Gasteiger partial charge on any atom is -0.353 e. The number of benzene rings is 1. The van der Waals surface area contributed by atoms with Crippen LogP contribution in [-0.4, -0.2) is 29.8 Å². The normalized spacial score (nSPS) is 24.0. The molecular weight excluding hydrogens is 348 g/mol. The number of piperidine rings is 1. The van der Waals surface area contributed by atoms with Gasteiger partial charge in [0.25, 0.3) is 0 Å². The van der Waals surface area contributed by atoms with E-state index in [2.05, 4.69) is 17.6 Å². The molecule has 2 atom stereocenters. The largest absolute Gasteiger partial charge is 0.353 e. The van der Waals surface area contributed by atoms with E-state index in [0.717, 1.165) is 19.3 Å². The van der Waals surface area contributed by atoms with Gasteiger partial charge in [-0.2, -0.15) is 0 Å². The van der Waals surface area contributed by atoms with E-state index in [1.807, 2.05) is 24.3 Å². The van der Waals surface area contributed by atoms with Crippen LogP contribution in [0.25, 0.3) is 0 Å². The van der Waals surface area contributed by atoms with Crippen LogP contribution in [0.2, 0.25) is 0 Å². The first-order chi connectivity index (χ1) is 12.1. The summed E-state index contributed by atoms with van der Waals surface area (Å²) >= 11 is 0. The molecule has 0 aromatic heterocycles. The predicted octanol–water partition coefficient (Wildman–Crippen LogP) is 3.81. The van der Waals surface area contributed by atoms with Crippen LogP contribution in [0.15, 0.2) is 24.3 Å². The van der Waals surface area contributed by atoms with E-state index < -0.39 is 0 Å². The number of aryl methyl sites for hydroxylation is 1. The Morgan fingerprint density at radius 3 is 2.35 bits per heavy atom. The summed E-state index contributed by atoms with van der Waals surface area (Å²) in [5, 5.41) is 6.70. The number of carbonyl (C=O) groups is 2. The second kappa shape index (κ2) is 10.1. The SMILES string of the molecule is CCCCc1ccc(C(=O)CCC(=O)NC2CC3CCC(C2)N3)cc1.Cl. The van der Waals surface area contributed by atoms with Crippen molar-refractivity contribution in [3.63, 3.8) is 0 Å². The Morgan fingerprint density at radius 2 is 1.73 bits per heavy atom. The third-order valence-corrected chi connectivity index (χ3v) is 5.51. The van der Waals surface area contributed by atoms with E-state index in [1.165, 1.54) is 31.2 Å². The Morgan fingerprint density at radius 1 is 1.08 bits per heavy atom. The molecule has 2 bridgehead atoms. The first-order valence-corrected chi connectivity index (χ1v) is 9.81. The Hall–Kier alpha value is -1.39. The van der Waals surface area contributed by atoms with Crippen molar-refractivity contribution in [1.82, 2.24) is 10.6 Å². The second-order valence-electron chi connectivity index (χ2n) is 7.60. The van der Waals surface area contributed by atoms with Gasteiger partial charge in [0.05, 0.1) is 0 Å². The molecule has 4 nitrogen and oxygen atoms in total. The molecule has 144 valence electrons. The van der Waals surface area contributed by atoms with Crippen molar-refractivity contribution in [3.8, 4) is 0 Å². The molecule has 2 fully saturated rings. The fourth-order valence-electron chi connectivity index (χ4n) is 4.08. The van der Waals surface area contributed by atoms with E-state index in [-0.39, 0.29) is 43.0 Å². The topological polar surface area (TPSA) is 58.2 Å². The van der Waals surface area contributed by atoms with Crippen LogP contribution in [0.1, 0.15) is 74.2 Å². The fourth-order valence-corrected chi connectivity index (χ4v) is 4.08. The Kier molecular flexibility index (Phi) is 8.11. The summed E-state index contributed by atoms with van der Waals surface area (Å²) in [6, 6.07) is 9.28. The van der Waals surface area contributed by atoms with E-state index in [1.54, 1.807) is 0 Å². The highest BCUT2D eigenvalue weighted by molar-refractivity contribution is 5.98. The molecular formula is C21H31ClN2O2. The van der Waals surface area contributed by atoms with E-state index in [0.29, 0.717) is 17.6 Å². The monoisotopic (exact) mass is 378 g/mol. The molecule has 5 heteroatoms. The Balaban J connectivity index is 0.00000243. The lowest BCUT2D eigenvalue weighted by atomic mass is 9.99. The average Bonchev–Trinajstić information content (AvgIpc) is 2.96. The summed E-state index contributed by atoms with van der Waals surface area (Å²) in [5.41, 5.74) is 1.99. The molecule has 1 aromatic carbocycles. The number of hydrogen-bond acceptors (Lipinski definition) is 3. The van der Waals surface area contributed by atoms with E-state index in [4.69, 9.17) is 0 Å². The Labute approximate surface area is 162 Å². The number of unbranched alkanes of at least 4 members (excludes halogenated alkanes) is 1.